The molecule has 144 valence electrons. The van der Waals surface area contributed by atoms with E-state index in [4.69, 9.17) is 4.74 Å². The molecule has 0 radical (unpaired) electrons. The van der Waals surface area contributed by atoms with Gasteiger partial charge in [0, 0.05) is 11.6 Å². The fourth-order valence-corrected chi connectivity index (χ4v) is 3.62. The van der Waals surface area contributed by atoms with E-state index in [1.165, 1.54) is 42.5 Å². The highest BCUT2D eigenvalue weighted by Gasteiger charge is 2.28. The van der Waals surface area contributed by atoms with Crippen molar-refractivity contribution in [3.8, 4) is 5.75 Å². The molecule has 0 atom stereocenters. The maximum absolute atomic E-state index is 12.4. The van der Waals surface area contributed by atoms with Gasteiger partial charge in [-0.25, -0.2) is 17.9 Å². The Hall–Kier alpha value is -2.52. The van der Waals surface area contributed by atoms with E-state index in [2.05, 4.69) is 9.46 Å². The summed E-state index contributed by atoms with van der Waals surface area (Å²) in [6, 6.07) is 11.3. The van der Waals surface area contributed by atoms with E-state index >= 15 is 0 Å². The van der Waals surface area contributed by atoms with Crippen molar-refractivity contribution in [2.75, 3.05) is 0 Å². The number of halogens is 2. The van der Waals surface area contributed by atoms with Gasteiger partial charge in [0.1, 0.15) is 12.4 Å². The molecule has 27 heavy (non-hydrogen) atoms. The van der Waals surface area contributed by atoms with Crippen LogP contribution in [-0.2, 0) is 21.4 Å². The van der Waals surface area contributed by atoms with E-state index in [1.807, 2.05) is 0 Å². The molecule has 1 N–H and O–H groups in total. The summed E-state index contributed by atoms with van der Waals surface area (Å²) in [6.45, 7) is -3.24. The number of rotatable bonds is 8. The lowest BCUT2D eigenvalue weighted by atomic mass is 10.2. The van der Waals surface area contributed by atoms with Crippen molar-refractivity contribution >= 4 is 16.0 Å². The Morgan fingerprint density at radius 2 is 1.78 bits per heavy atom. The number of carbonyl (C=O) groups excluding carboxylic acids is 1. The van der Waals surface area contributed by atoms with Crippen LogP contribution in [-0.4, -0.2) is 27.0 Å². The molecule has 0 saturated heterocycles. The van der Waals surface area contributed by atoms with E-state index in [9.17, 15) is 22.0 Å². The molecule has 2 aromatic rings. The van der Waals surface area contributed by atoms with E-state index in [-0.39, 0.29) is 28.9 Å². The number of nitrogens with one attached hydrogen (secondary N) is 1. The number of alkyl halides is 2. The lowest BCUT2D eigenvalue weighted by molar-refractivity contribution is -0.0510. The first-order valence-corrected chi connectivity index (χ1v) is 9.66. The summed E-state index contributed by atoms with van der Waals surface area (Å²) in [5.74, 6) is -0.783. The second kappa shape index (κ2) is 8.01. The second-order valence-corrected chi connectivity index (χ2v) is 7.70. The average molecular weight is 397 g/mol. The molecular formula is C18H17F2NO5S. The maximum atomic E-state index is 12.4. The Kier molecular flexibility index (Phi) is 5.71. The Labute approximate surface area is 155 Å². The lowest BCUT2D eigenvalue weighted by Crippen LogP contribution is -2.25. The Balaban J connectivity index is 1.63. The third-order valence-corrected chi connectivity index (χ3v) is 5.38. The molecule has 0 aliphatic heterocycles. The summed E-state index contributed by atoms with van der Waals surface area (Å²) in [7, 11) is -3.60. The minimum Gasteiger partial charge on any atom is -0.457 e. The molecule has 1 saturated carbocycles. The van der Waals surface area contributed by atoms with Gasteiger partial charge in [0.2, 0.25) is 10.0 Å². The standard InChI is InChI=1S/C18H17F2NO5S/c19-18(20)26-16-4-2-1-3-13(16)11-25-17(22)12-5-9-15(10-6-12)27(23,24)21-14-7-8-14/h1-6,9-10,14,18,21H,7-8,11H2. The van der Waals surface area contributed by atoms with Gasteiger partial charge in [-0.3, -0.25) is 0 Å². The molecule has 6 nitrogen and oxygen atoms in total. The highest BCUT2D eigenvalue weighted by atomic mass is 32.2. The first-order valence-electron chi connectivity index (χ1n) is 8.17. The molecule has 0 unspecified atom stereocenters. The van der Waals surface area contributed by atoms with Crippen LogP contribution < -0.4 is 9.46 Å². The van der Waals surface area contributed by atoms with E-state index < -0.39 is 22.6 Å². The van der Waals surface area contributed by atoms with Crippen molar-refractivity contribution in [2.24, 2.45) is 0 Å². The Morgan fingerprint density at radius 3 is 2.41 bits per heavy atom. The predicted molar refractivity (Wildman–Crippen MR) is 92.0 cm³/mol. The first kappa shape index (κ1) is 19.2. The van der Waals surface area contributed by atoms with Crippen molar-refractivity contribution in [3.05, 3.63) is 59.7 Å². The number of hydrogen-bond donors (Lipinski definition) is 1. The SMILES string of the molecule is O=C(OCc1ccccc1OC(F)F)c1ccc(S(=O)(=O)NC2CC2)cc1. The van der Waals surface area contributed by atoms with Gasteiger partial charge in [0.15, 0.2) is 0 Å². The third-order valence-electron chi connectivity index (χ3n) is 3.85. The van der Waals surface area contributed by atoms with Gasteiger partial charge in [-0.2, -0.15) is 8.78 Å². The van der Waals surface area contributed by atoms with Crippen LogP contribution in [0.1, 0.15) is 28.8 Å². The molecule has 1 fully saturated rings. The predicted octanol–water partition coefficient (Wildman–Crippen LogP) is 3.09. The van der Waals surface area contributed by atoms with Crippen LogP contribution in [0.3, 0.4) is 0 Å². The van der Waals surface area contributed by atoms with Crippen LogP contribution >= 0.6 is 0 Å². The van der Waals surface area contributed by atoms with Gasteiger partial charge >= 0.3 is 12.6 Å². The first-order chi connectivity index (χ1) is 12.8. The largest absolute Gasteiger partial charge is 0.457 e. The van der Waals surface area contributed by atoms with Gasteiger partial charge in [-0.1, -0.05) is 18.2 Å². The third kappa shape index (κ3) is 5.24. The summed E-state index contributed by atoms with van der Waals surface area (Å²) in [5, 5.41) is 0. The maximum Gasteiger partial charge on any atom is 0.387 e. The van der Waals surface area contributed by atoms with Crippen LogP contribution in [0, 0.1) is 0 Å². The molecule has 1 aliphatic rings. The van der Waals surface area contributed by atoms with Gasteiger partial charge in [0.05, 0.1) is 10.5 Å². The van der Waals surface area contributed by atoms with E-state index in [0.717, 1.165) is 12.8 Å². The second-order valence-electron chi connectivity index (χ2n) is 5.98. The number of hydrogen-bond acceptors (Lipinski definition) is 5. The molecule has 3 rings (SSSR count). The van der Waals surface area contributed by atoms with Gasteiger partial charge < -0.3 is 9.47 Å². The zero-order valence-electron chi connectivity index (χ0n) is 14.1. The zero-order valence-corrected chi connectivity index (χ0v) is 14.9. The monoisotopic (exact) mass is 397 g/mol. The smallest absolute Gasteiger partial charge is 0.387 e. The highest BCUT2D eigenvalue weighted by Crippen LogP contribution is 2.23. The minimum absolute atomic E-state index is 0.0184. The lowest BCUT2D eigenvalue weighted by Gasteiger charge is -2.11. The number of benzene rings is 2. The summed E-state index contributed by atoms with van der Waals surface area (Å²) in [6.07, 6.45) is 1.64. The molecule has 0 heterocycles. The van der Waals surface area contributed by atoms with Crippen LogP contribution in [0.25, 0.3) is 0 Å². The summed E-state index contributed by atoms with van der Waals surface area (Å²) >= 11 is 0. The topological polar surface area (TPSA) is 81.7 Å². The molecule has 0 bridgehead atoms. The number of carbonyl (C=O) groups is 1. The molecule has 0 aromatic heterocycles. The Morgan fingerprint density at radius 1 is 1.11 bits per heavy atom. The molecule has 1 aliphatic carbocycles. The number of ether oxygens (including phenoxy) is 2. The Bertz CT molecular complexity index is 912. The summed E-state index contributed by atoms with van der Waals surface area (Å²) in [5.41, 5.74) is 0.437. The fourth-order valence-electron chi connectivity index (χ4n) is 2.32. The van der Waals surface area contributed by atoms with Crippen molar-refractivity contribution in [2.45, 2.75) is 37.0 Å². The average Bonchev–Trinajstić information content (AvgIpc) is 3.43. The zero-order chi connectivity index (χ0) is 19.4. The van der Waals surface area contributed by atoms with Crippen LogP contribution in [0.5, 0.6) is 5.75 Å². The van der Waals surface area contributed by atoms with Crippen LogP contribution in [0.4, 0.5) is 8.78 Å². The van der Waals surface area contributed by atoms with Crippen molar-refractivity contribution in [1.29, 1.82) is 0 Å². The molecule has 2 aromatic carbocycles. The molecular weight excluding hydrogens is 380 g/mol. The number of para-hydroxylation sites is 1. The van der Waals surface area contributed by atoms with Gasteiger partial charge in [-0.15, -0.1) is 0 Å². The fraction of sp³-hybridized carbons (Fsp3) is 0.278. The molecule has 0 spiro atoms. The van der Waals surface area contributed by atoms with Crippen molar-refractivity contribution in [1.82, 2.24) is 4.72 Å². The molecule has 9 heteroatoms. The number of esters is 1. The van der Waals surface area contributed by atoms with Gasteiger partial charge in [0.25, 0.3) is 0 Å². The van der Waals surface area contributed by atoms with Crippen LogP contribution in [0.2, 0.25) is 0 Å². The van der Waals surface area contributed by atoms with E-state index in [0.29, 0.717) is 5.56 Å². The quantitative estimate of drug-likeness (QED) is 0.693. The molecule has 0 amide bonds. The summed E-state index contributed by atoms with van der Waals surface area (Å²) in [4.78, 5) is 12.2. The van der Waals surface area contributed by atoms with Crippen molar-refractivity contribution in [3.63, 3.8) is 0 Å². The van der Waals surface area contributed by atoms with Crippen molar-refractivity contribution < 1.29 is 31.5 Å². The normalized spacial score (nSPS) is 14.2. The van der Waals surface area contributed by atoms with E-state index in [1.54, 1.807) is 6.07 Å². The highest BCUT2D eigenvalue weighted by molar-refractivity contribution is 7.89. The number of sulfonamides is 1. The minimum atomic E-state index is -3.60. The van der Waals surface area contributed by atoms with Gasteiger partial charge in [-0.05, 0) is 43.2 Å². The van der Waals surface area contributed by atoms with Crippen LogP contribution in [0.15, 0.2) is 53.4 Å². The summed E-state index contributed by atoms with van der Waals surface area (Å²) < 4.78 is 61.0.